The van der Waals surface area contributed by atoms with Gasteiger partial charge in [-0.3, -0.25) is 4.99 Å². The average Bonchev–Trinajstić information content (AvgIpc) is 1.96. The highest BCUT2D eigenvalue weighted by Gasteiger charge is 2.32. The lowest BCUT2D eigenvalue weighted by Gasteiger charge is -2.10. The van der Waals surface area contributed by atoms with Gasteiger partial charge in [0.25, 0.3) is 0 Å². The standard InChI is InChI=1S/C8H11F3N2/c1-5(8(9,10)11)7(4-13-3)6(2)12/h4,12H,1-3H3/b7-5-,12-6?,13-4?. The molecule has 0 aromatic heterocycles. The first-order chi connectivity index (χ1) is 5.80. The fourth-order valence-electron chi connectivity index (χ4n) is 0.757. The van der Waals surface area contributed by atoms with E-state index in [2.05, 4.69) is 4.99 Å². The fourth-order valence-corrected chi connectivity index (χ4v) is 0.757. The normalized spacial score (nSPS) is 14.6. The second kappa shape index (κ2) is 4.20. The molecule has 2 nitrogen and oxygen atoms in total. The number of nitrogens with zero attached hydrogens (tertiary/aromatic N) is 1. The van der Waals surface area contributed by atoms with Gasteiger partial charge in [-0.25, -0.2) is 0 Å². The van der Waals surface area contributed by atoms with Gasteiger partial charge in [0, 0.05) is 30.1 Å². The summed E-state index contributed by atoms with van der Waals surface area (Å²) in [7, 11) is 1.37. The molecule has 5 heteroatoms. The van der Waals surface area contributed by atoms with Crippen LogP contribution in [0.5, 0.6) is 0 Å². The number of allylic oxidation sites excluding steroid dienone is 2. The molecule has 0 aliphatic rings. The van der Waals surface area contributed by atoms with Crippen LogP contribution in [0.25, 0.3) is 0 Å². The summed E-state index contributed by atoms with van der Waals surface area (Å²) in [6.07, 6.45) is -3.34. The Bertz CT molecular complexity index is 261. The molecule has 0 aliphatic heterocycles. The van der Waals surface area contributed by atoms with Crippen LogP contribution >= 0.6 is 0 Å². The van der Waals surface area contributed by atoms with Gasteiger partial charge in [-0.05, 0) is 13.8 Å². The Kier molecular flexibility index (Phi) is 3.84. The summed E-state index contributed by atoms with van der Waals surface area (Å²) in [5, 5.41) is 7.12. The van der Waals surface area contributed by atoms with Crippen molar-refractivity contribution < 1.29 is 13.2 Å². The van der Waals surface area contributed by atoms with Crippen molar-refractivity contribution >= 4 is 11.9 Å². The predicted octanol–water partition coefficient (Wildman–Crippen LogP) is 2.61. The summed E-state index contributed by atoms with van der Waals surface area (Å²) < 4.78 is 36.5. The highest BCUT2D eigenvalue weighted by molar-refractivity contribution is 6.14. The van der Waals surface area contributed by atoms with Gasteiger partial charge in [0.05, 0.1) is 0 Å². The second-order valence-corrected chi connectivity index (χ2v) is 2.55. The molecule has 0 amide bonds. The molecule has 0 aromatic carbocycles. The third-order valence-corrected chi connectivity index (χ3v) is 1.49. The summed E-state index contributed by atoms with van der Waals surface area (Å²) in [5.74, 6) is 0. The van der Waals surface area contributed by atoms with Gasteiger partial charge in [-0.2, -0.15) is 13.2 Å². The van der Waals surface area contributed by atoms with E-state index in [1.165, 1.54) is 14.0 Å². The molecule has 0 fully saturated rings. The van der Waals surface area contributed by atoms with Crippen molar-refractivity contribution in [3.8, 4) is 0 Å². The van der Waals surface area contributed by atoms with E-state index in [4.69, 9.17) is 5.41 Å². The smallest absolute Gasteiger partial charge is 0.305 e. The second-order valence-electron chi connectivity index (χ2n) is 2.55. The zero-order valence-electron chi connectivity index (χ0n) is 7.66. The van der Waals surface area contributed by atoms with Crippen molar-refractivity contribution in [3.05, 3.63) is 11.1 Å². The first-order valence-electron chi connectivity index (χ1n) is 3.56. The molecule has 0 unspecified atom stereocenters. The Hall–Kier alpha value is -1.13. The topological polar surface area (TPSA) is 36.2 Å². The van der Waals surface area contributed by atoms with E-state index in [-0.39, 0.29) is 11.3 Å². The van der Waals surface area contributed by atoms with Crippen LogP contribution in [0, 0.1) is 5.41 Å². The molecule has 0 saturated carbocycles. The van der Waals surface area contributed by atoms with Gasteiger partial charge < -0.3 is 5.41 Å². The first-order valence-corrected chi connectivity index (χ1v) is 3.56. The molecular formula is C8H11F3N2. The van der Waals surface area contributed by atoms with E-state index in [9.17, 15) is 13.2 Å². The number of nitrogens with one attached hydrogen (secondary N) is 1. The summed E-state index contributed by atoms with van der Waals surface area (Å²) in [6.45, 7) is 2.24. The highest BCUT2D eigenvalue weighted by Crippen LogP contribution is 2.27. The minimum Gasteiger partial charge on any atom is -0.305 e. The van der Waals surface area contributed by atoms with Gasteiger partial charge in [0.1, 0.15) is 0 Å². The van der Waals surface area contributed by atoms with Crippen molar-refractivity contribution in [3.63, 3.8) is 0 Å². The van der Waals surface area contributed by atoms with Gasteiger partial charge >= 0.3 is 6.18 Å². The Morgan fingerprint density at radius 2 is 1.77 bits per heavy atom. The molecule has 74 valence electrons. The van der Waals surface area contributed by atoms with Gasteiger partial charge in [-0.1, -0.05) is 0 Å². The molecule has 0 radical (unpaired) electrons. The molecular weight excluding hydrogens is 181 g/mol. The van der Waals surface area contributed by atoms with E-state index in [0.717, 1.165) is 13.1 Å². The maximum absolute atomic E-state index is 12.2. The molecule has 1 N–H and O–H groups in total. The van der Waals surface area contributed by atoms with Crippen molar-refractivity contribution in [1.29, 1.82) is 5.41 Å². The Morgan fingerprint density at radius 1 is 1.31 bits per heavy atom. The SMILES string of the molecule is CN=C/C(C(C)=N)=C(\C)C(F)(F)F. The molecule has 0 rings (SSSR count). The molecule has 0 spiro atoms. The zero-order chi connectivity index (χ0) is 10.6. The number of hydrogen-bond donors (Lipinski definition) is 1. The lowest BCUT2D eigenvalue weighted by atomic mass is 10.1. The number of aliphatic imine (C=N–C) groups is 1. The van der Waals surface area contributed by atoms with Crippen LogP contribution in [0.1, 0.15) is 13.8 Å². The summed E-state index contributed by atoms with van der Waals surface area (Å²) >= 11 is 0. The van der Waals surface area contributed by atoms with E-state index >= 15 is 0 Å². The number of rotatable bonds is 2. The highest BCUT2D eigenvalue weighted by atomic mass is 19.4. The molecule has 0 heterocycles. The van der Waals surface area contributed by atoms with Crippen LogP contribution in [0.15, 0.2) is 16.1 Å². The Balaban J connectivity index is 5.22. The van der Waals surface area contributed by atoms with Crippen LogP contribution in [-0.4, -0.2) is 25.2 Å². The van der Waals surface area contributed by atoms with Gasteiger partial charge in [-0.15, -0.1) is 0 Å². The van der Waals surface area contributed by atoms with Gasteiger partial charge in [0.15, 0.2) is 0 Å². The maximum Gasteiger partial charge on any atom is 0.413 e. The van der Waals surface area contributed by atoms with Crippen LogP contribution in [-0.2, 0) is 0 Å². The lowest BCUT2D eigenvalue weighted by Crippen LogP contribution is -2.15. The van der Waals surface area contributed by atoms with E-state index in [1.54, 1.807) is 0 Å². The monoisotopic (exact) mass is 192 g/mol. The number of hydrogen-bond acceptors (Lipinski definition) is 2. The largest absolute Gasteiger partial charge is 0.413 e. The van der Waals surface area contributed by atoms with E-state index in [0.29, 0.717) is 0 Å². The predicted molar refractivity (Wildman–Crippen MR) is 46.6 cm³/mol. The Morgan fingerprint density at radius 3 is 2.00 bits per heavy atom. The molecule has 0 saturated heterocycles. The fraction of sp³-hybridized carbons (Fsp3) is 0.500. The third-order valence-electron chi connectivity index (χ3n) is 1.49. The number of alkyl halides is 3. The average molecular weight is 192 g/mol. The number of halogens is 3. The zero-order valence-corrected chi connectivity index (χ0v) is 7.66. The lowest BCUT2D eigenvalue weighted by molar-refractivity contribution is -0.0915. The van der Waals surface area contributed by atoms with Crippen molar-refractivity contribution in [2.24, 2.45) is 4.99 Å². The van der Waals surface area contributed by atoms with Crippen LogP contribution in [0.2, 0.25) is 0 Å². The van der Waals surface area contributed by atoms with E-state index < -0.39 is 11.7 Å². The van der Waals surface area contributed by atoms with E-state index in [1.807, 2.05) is 0 Å². The van der Waals surface area contributed by atoms with Crippen LogP contribution in [0.4, 0.5) is 13.2 Å². The Labute approximate surface area is 74.7 Å². The van der Waals surface area contributed by atoms with Crippen molar-refractivity contribution in [2.45, 2.75) is 20.0 Å². The third kappa shape index (κ3) is 3.40. The van der Waals surface area contributed by atoms with Crippen LogP contribution < -0.4 is 0 Å². The maximum atomic E-state index is 12.2. The van der Waals surface area contributed by atoms with Crippen molar-refractivity contribution in [1.82, 2.24) is 0 Å². The summed E-state index contributed by atoms with van der Waals surface area (Å²) in [5.41, 5.74) is -1.10. The van der Waals surface area contributed by atoms with Crippen molar-refractivity contribution in [2.75, 3.05) is 7.05 Å². The molecule has 0 aromatic rings. The molecule has 0 bridgehead atoms. The molecule has 0 aliphatic carbocycles. The summed E-state index contributed by atoms with van der Waals surface area (Å²) in [6, 6.07) is 0. The van der Waals surface area contributed by atoms with Crippen LogP contribution in [0.3, 0.4) is 0 Å². The minimum absolute atomic E-state index is 0.138. The van der Waals surface area contributed by atoms with Gasteiger partial charge in [0.2, 0.25) is 0 Å². The first kappa shape index (κ1) is 11.9. The molecule has 0 atom stereocenters. The molecule has 13 heavy (non-hydrogen) atoms. The quantitative estimate of drug-likeness (QED) is 0.653. The summed E-state index contributed by atoms with van der Waals surface area (Å²) in [4.78, 5) is 3.47. The minimum atomic E-state index is -4.39.